The average Bonchev–Trinajstić information content (AvgIpc) is 3.07. The topological polar surface area (TPSA) is 40.9 Å². The minimum Gasteiger partial charge on any atom is -0.497 e. The summed E-state index contributed by atoms with van der Waals surface area (Å²) in [6.45, 7) is 0. The van der Waals surface area contributed by atoms with Crippen LogP contribution in [0.25, 0.3) is 22.4 Å². The zero-order valence-electron chi connectivity index (χ0n) is 13.9. The largest absolute Gasteiger partial charge is 0.497 e. The van der Waals surface area contributed by atoms with Crippen molar-refractivity contribution in [1.29, 1.82) is 0 Å². The van der Waals surface area contributed by atoms with Gasteiger partial charge in [0.15, 0.2) is 17.2 Å². The maximum atomic E-state index is 5.43. The van der Waals surface area contributed by atoms with Crippen LogP contribution in [0, 0.1) is 0 Å². The third-order valence-corrected chi connectivity index (χ3v) is 4.80. The molecule has 1 unspecified atom stereocenters. The summed E-state index contributed by atoms with van der Waals surface area (Å²) in [6.07, 6.45) is -0.00356. The fourth-order valence-electron chi connectivity index (χ4n) is 3.63. The first-order valence-corrected chi connectivity index (χ1v) is 8.37. The van der Waals surface area contributed by atoms with Crippen LogP contribution in [-0.2, 0) is 0 Å². The van der Waals surface area contributed by atoms with Gasteiger partial charge in [0.1, 0.15) is 5.75 Å². The van der Waals surface area contributed by atoms with Crippen molar-refractivity contribution < 1.29 is 9.30 Å². The molecule has 3 aromatic carbocycles. The molecule has 1 aliphatic heterocycles. The quantitative estimate of drug-likeness (QED) is 0.544. The minimum atomic E-state index is -0.00356. The van der Waals surface area contributed by atoms with Crippen LogP contribution in [0.1, 0.15) is 11.7 Å². The van der Waals surface area contributed by atoms with Crippen molar-refractivity contribution in [2.24, 2.45) is 0 Å². The Morgan fingerprint density at radius 2 is 1.76 bits per heavy atom. The number of para-hydroxylation sites is 3. The van der Waals surface area contributed by atoms with Crippen molar-refractivity contribution >= 4 is 16.7 Å². The van der Waals surface area contributed by atoms with E-state index in [0.717, 1.165) is 28.3 Å². The van der Waals surface area contributed by atoms with E-state index >= 15 is 0 Å². The van der Waals surface area contributed by atoms with E-state index in [-0.39, 0.29) is 6.17 Å². The van der Waals surface area contributed by atoms with Crippen molar-refractivity contribution in [1.82, 2.24) is 4.98 Å². The molecule has 0 radical (unpaired) electrons. The standard InChI is InChI=1S/C21H17N3O/c1-25-15-8-6-7-14(13-15)20-22-17-10-3-2-9-16(17)21-23-18-11-4-5-12-19(18)24(20)21/h2-13,20H,1H3,(H,22,23)/p+1. The van der Waals surface area contributed by atoms with Gasteiger partial charge in [-0.05, 0) is 36.4 Å². The Bertz CT molecular complexity index is 1080. The highest BCUT2D eigenvalue weighted by molar-refractivity contribution is 5.80. The van der Waals surface area contributed by atoms with Gasteiger partial charge in [-0.2, -0.15) is 4.57 Å². The van der Waals surface area contributed by atoms with Crippen molar-refractivity contribution in [3.8, 4) is 17.1 Å². The Morgan fingerprint density at radius 3 is 2.68 bits per heavy atom. The number of imidazole rings is 1. The van der Waals surface area contributed by atoms with Crippen molar-refractivity contribution in [2.75, 3.05) is 12.4 Å². The number of H-pyrrole nitrogens is 1. The zero-order valence-corrected chi connectivity index (χ0v) is 13.9. The average molecular weight is 328 g/mol. The molecule has 122 valence electrons. The van der Waals surface area contributed by atoms with Crippen molar-refractivity contribution in [3.63, 3.8) is 0 Å². The van der Waals surface area contributed by atoms with Gasteiger partial charge in [-0.15, -0.1) is 0 Å². The lowest BCUT2D eigenvalue weighted by Gasteiger charge is -2.25. The summed E-state index contributed by atoms with van der Waals surface area (Å²) in [7, 11) is 1.70. The maximum Gasteiger partial charge on any atom is 0.291 e. The highest BCUT2D eigenvalue weighted by atomic mass is 16.5. The summed E-state index contributed by atoms with van der Waals surface area (Å²) < 4.78 is 7.75. The van der Waals surface area contributed by atoms with Gasteiger partial charge in [-0.3, -0.25) is 0 Å². The van der Waals surface area contributed by atoms with E-state index in [0.29, 0.717) is 0 Å². The summed E-state index contributed by atoms with van der Waals surface area (Å²) in [4.78, 5) is 3.59. The zero-order chi connectivity index (χ0) is 16.8. The fraction of sp³-hybridized carbons (Fsp3) is 0.0952. The Labute approximate surface area is 145 Å². The summed E-state index contributed by atoms with van der Waals surface area (Å²) in [5.41, 5.74) is 5.76. The van der Waals surface area contributed by atoms with Gasteiger partial charge in [-0.1, -0.05) is 36.4 Å². The summed E-state index contributed by atoms with van der Waals surface area (Å²) in [5.74, 6) is 1.98. The van der Waals surface area contributed by atoms with Crippen LogP contribution >= 0.6 is 0 Å². The number of ether oxygens (including phenoxy) is 1. The van der Waals surface area contributed by atoms with Crippen LogP contribution in [0.2, 0.25) is 0 Å². The number of anilines is 1. The number of aromatic nitrogens is 2. The Hall–Kier alpha value is -3.27. The van der Waals surface area contributed by atoms with Crippen LogP contribution in [0.5, 0.6) is 5.75 Å². The number of benzene rings is 3. The normalized spacial score (nSPS) is 15.3. The molecule has 0 fully saturated rings. The monoisotopic (exact) mass is 328 g/mol. The number of nitrogens with zero attached hydrogens (tertiary/aromatic N) is 1. The third kappa shape index (κ3) is 2.11. The van der Waals surface area contributed by atoms with Gasteiger partial charge in [0.05, 0.1) is 18.4 Å². The second-order valence-corrected chi connectivity index (χ2v) is 6.23. The first kappa shape index (κ1) is 14.1. The highest BCUT2D eigenvalue weighted by Crippen LogP contribution is 2.35. The lowest BCUT2D eigenvalue weighted by Crippen LogP contribution is -2.48. The molecule has 0 amide bonds. The molecule has 0 aliphatic carbocycles. The highest BCUT2D eigenvalue weighted by Gasteiger charge is 2.34. The molecule has 2 heterocycles. The number of fused-ring (bicyclic) bond motifs is 5. The first-order valence-electron chi connectivity index (χ1n) is 8.37. The third-order valence-electron chi connectivity index (χ3n) is 4.80. The Balaban J connectivity index is 1.80. The predicted octanol–water partition coefficient (Wildman–Crippen LogP) is 4.10. The molecule has 1 atom stereocenters. The smallest absolute Gasteiger partial charge is 0.291 e. The van der Waals surface area contributed by atoms with E-state index in [1.807, 2.05) is 12.1 Å². The van der Waals surface area contributed by atoms with Gasteiger partial charge in [-0.25, -0.2) is 4.98 Å². The van der Waals surface area contributed by atoms with Crippen LogP contribution in [0.4, 0.5) is 5.69 Å². The van der Waals surface area contributed by atoms with Gasteiger partial charge in [0.2, 0.25) is 0 Å². The van der Waals surface area contributed by atoms with E-state index in [1.165, 1.54) is 11.1 Å². The SMILES string of the molecule is COc1cccc(C2Nc3ccccc3-c3[nH]c4ccccc4[n+]32)c1. The maximum absolute atomic E-state index is 5.43. The molecular formula is C21H18N3O+. The summed E-state index contributed by atoms with van der Waals surface area (Å²) in [5, 5.41) is 3.69. The number of hydrogen-bond acceptors (Lipinski definition) is 2. The number of hydrogen-bond donors (Lipinski definition) is 2. The Morgan fingerprint density at radius 1 is 0.920 bits per heavy atom. The van der Waals surface area contributed by atoms with Gasteiger partial charge < -0.3 is 10.1 Å². The van der Waals surface area contributed by atoms with Crippen molar-refractivity contribution in [2.45, 2.75) is 6.17 Å². The van der Waals surface area contributed by atoms with Crippen LogP contribution < -0.4 is 14.6 Å². The molecule has 0 bridgehead atoms. The second-order valence-electron chi connectivity index (χ2n) is 6.23. The molecule has 4 nitrogen and oxygen atoms in total. The van der Waals surface area contributed by atoms with Crippen LogP contribution in [0.3, 0.4) is 0 Å². The lowest BCUT2D eigenvalue weighted by molar-refractivity contribution is -0.673. The molecule has 0 saturated carbocycles. The molecule has 2 N–H and O–H groups in total. The number of aromatic amines is 1. The number of rotatable bonds is 2. The molecule has 1 aliphatic rings. The summed E-state index contributed by atoms with van der Waals surface area (Å²) >= 11 is 0. The molecule has 4 aromatic rings. The predicted molar refractivity (Wildman–Crippen MR) is 98.7 cm³/mol. The van der Waals surface area contributed by atoms with Crippen LogP contribution in [-0.4, -0.2) is 12.1 Å². The number of nitrogens with one attached hydrogen (secondary N) is 2. The van der Waals surface area contributed by atoms with E-state index in [4.69, 9.17) is 4.74 Å². The van der Waals surface area contributed by atoms with Crippen LogP contribution in [0.15, 0.2) is 72.8 Å². The van der Waals surface area contributed by atoms with Gasteiger partial charge >= 0.3 is 0 Å². The molecule has 1 aromatic heterocycles. The van der Waals surface area contributed by atoms with E-state index < -0.39 is 0 Å². The Kier molecular flexibility index (Phi) is 3.04. The van der Waals surface area contributed by atoms with Gasteiger partial charge in [0, 0.05) is 5.56 Å². The van der Waals surface area contributed by atoms with E-state index in [9.17, 15) is 0 Å². The van der Waals surface area contributed by atoms with Crippen molar-refractivity contribution in [3.05, 3.63) is 78.4 Å². The fourth-order valence-corrected chi connectivity index (χ4v) is 3.63. The van der Waals surface area contributed by atoms with E-state index in [1.54, 1.807) is 7.11 Å². The minimum absolute atomic E-state index is 0.00356. The van der Waals surface area contributed by atoms with E-state index in [2.05, 4.69) is 75.5 Å². The molecule has 0 saturated heterocycles. The molecule has 25 heavy (non-hydrogen) atoms. The summed E-state index contributed by atoms with van der Waals surface area (Å²) in [6, 6.07) is 25.0. The van der Waals surface area contributed by atoms with Gasteiger partial charge in [0.25, 0.3) is 5.82 Å². The first-order chi connectivity index (χ1) is 12.3. The second kappa shape index (κ2) is 5.38. The lowest BCUT2D eigenvalue weighted by atomic mass is 10.1. The molecule has 5 rings (SSSR count). The molecule has 4 heteroatoms. The number of methoxy groups -OCH3 is 1. The molecule has 0 spiro atoms. The molecular weight excluding hydrogens is 310 g/mol.